The van der Waals surface area contributed by atoms with E-state index < -0.39 is 0 Å². The molecule has 5 heteroatoms. The second kappa shape index (κ2) is 4.77. The molecule has 2 aromatic heterocycles. The van der Waals surface area contributed by atoms with Crippen molar-refractivity contribution >= 4 is 28.5 Å². The Kier molecular flexibility index (Phi) is 2.89. The zero-order valence-electron chi connectivity index (χ0n) is 12.1. The van der Waals surface area contributed by atoms with E-state index in [1.807, 2.05) is 0 Å². The fraction of sp³-hybridized carbons (Fsp3) is 0.250. The van der Waals surface area contributed by atoms with Gasteiger partial charge in [-0.3, -0.25) is 0 Å². The first-order valence-electron chi connectivity index (χ1n) is 7.02. The molecule has 3 heterocycles. The van der Waals surface area contributed by atoms with Gasteiger partial charge in [-0.15, -0.1) is 0 Å². The maximum absolute atomic E-state index is 4.67. The number of aromatic nitrogens is 4. The van der Waals surface area contributed by atoms with Gasteiger partial charge in [-0.1, -0.05) is 23.9 Å². The van der Waals surface area contributed by atoms with Crippen molar-refractivity contribution in [3.8, 4) is 0 Å². The third-order valence-electron chi connectivity index (χ3n) is 3.76. The van der Waals surface area contributed by atoms with E-state index in [4.69, 9.17) is 0 Å². The first-order chi connectivity index (χ1) is 10.2. The summed E-state index contributed by atoms with van der Waals surface area (Å²) < 4.78 is 2.18. The summed E-state index contributed by atoms with van der Waals surface area (Å²) in [7, 11) is 0. The Morgan fingerprint density at radius 1 is 1.29 bits per heavy atom. The molecule has 0 amide bonds. The summed E-state index contributed by atoms with van der Waals surface area (Å²) in [6.07, 6.45) is 5.29. The van der Waals surface area contributed by atoms with Crippen LogP contribution in [-0.4, -0.2) is 19.5 Å². The lowest BCUT2D eigenvalue weighted by Gasteiger charge is -1.96. The van der Waals surface area contributed by atoms with Crippen molar-refractivity contribution in [2.45, 2.75) is 31.2 Å². The number of allylic oxidation sites excluding steroid dienone is 2. The van der Waals surface area contributed by atoms with E-state index >= 15 is 0 Å². The number of hydrogen-bond acceptors (Lipinski definition) is 3. The number of nitrogens with zero attached hydrogens (tertiary/aromatic N) is 3. The minimum atomic E-state index is 0.839. The van der Waals surface area contributed by atoms with Crippen molar-refractivity contribution in [3.63, 3.8) is 0 Å². The van der Waals surface area contributed by atoms with Gasteiger partial charge < -0.3 is 9.55 Å². The Balaban J connectivity index is 1.53. The maximum atomic E-state index is 4.67. The Morgan fingerprint density at radius 3 is 3.05 bits per heavy atom. The number of H-pyrrole nitrogens is 1. The second-order valence-electron chi connectivity index (χ2n) is 5.42. The van der Waals surface area contributed by atoms with Gasteiger partial charge in [0.25, 0.3) is 0 Å². The van der Waals surface area contributed by atoms with Gasteiger partial charge in [-0.2, -0.15) is 0 Å². The number of rotatable bonds is 3. The first kappa shape index (κ1) is 12.7. The molecule has 3 aromatic rings. The summed E-state index contributed by atoms with van der Waals surface area (Å²) in [5.41, 5.74) is 5.75. The molecule has 1 aromatic carbocycles. The highest BCUT2D eigenvalue weighted by Crippen LogP contribution is 2.25. The van der Waals surface area contributed by atoms with Crippen molar-refractivity contribution in [2.24, 2.45) is 0 Å². The van der Waals surface area contributed by atoms with Crippen LogP contribution in [0.25, 0.3) is 16.7 Å². The summed E-state index contributed by atoms with van der Waals surface area (Å²) in [5.74, 6) is 1.98. The van der Waals surface area contributed by atoms with Gasteiger partial charge in [0.1, 0.15) is 5.82 Å². The van der Waals surface area contributed by atoms with Crippen LogP contribution in [0.1, 0.15) is 24.0 Å². The van der Waals surface area contributed by atoms with E-state index in [2.05, 4.69) is 63.8 Å². The quantitative estimate of drug-likeness (QED) is 0.748. The molecule has 106 valence electrons. The highest BCUT2D eigenvalue weighted by molar-refractivity contribution is 7.98. The summed E-state index contributed by atoms with van der Waals surface area (Å²) in [6, 6.07) is 6.28. The minimum Gasteiger partial charge on any atom is -0.333 e. The van der Waals surface area contributed by atoms with Gasteiger partial charge in [0, 0.05) is 24.1 Å². The number of thioether (sulfide) groups is 1. The minimum absolute atomic E-state index is 0.839. The van der Waals surface area contributed by atoms with Gasteiger partial charge in [0.15, 0.2) is 5.16 Å². The van der Waals surface area contributed by atoms with Crippen LogP contribution in [-0.2, 0) is 12.2 Å². The number of fused-ring (bicyclic) bond motifs is 2. The molecular formula is C16H16N4S. The summed E-state index contributed by atoms with van der Waals surface area (Å²) >= 11 is 1.70. The number of hydrogen-bond donors (Lipinski definition) is 1. The number of aryl methyl sites for hydroxylation is 1. The smallest absolute Gasteiger partial charge is 0.166 e. The number of benzene rings is 1. The molecule has 0 bridgehead atoms. The normalized spacial score (nSPS) is 13.7. The van der Waals surface area contributed by atoms with Crippen LogP contribution in [0.3, 0.4) is 0 Å². The zero-order valence-corrected chi connectivity index (χ0v) is 12.9. The highest BCUT2D eigenvalue weighted by atomic mass is 32.2. The number of aromatic amines is 1. The molecule has 0 saturated carbocycles. The molecule has 0 fully saturated rings. The first-order valence-corrected chi connectivity index (χ1v) is 8.01. The lowest BCUT2D eigenvalue weighted by atomic mass is 10.2. The van der Waals surface area contributed by atoms with Crippen LogP contribution in [0.2, 0.25) is 0 Å². The number of nitrogens with one attached hydrogen (secondary N) is 1. The predicted molar refractivity (Wildman–Crippen MR) is 86.3 cm³/mol. The zero-order chi connectivity index (χ0) is 14.4. The van der Waals surface area contributed by atoms with E-state index in [9.17, 15) is 0 Å². The van der Waals surface area contributed by atoms with E-state index in [-0.39, 0.29) is 0 Å². The second-order valence-corrected chi connectivity index (χ2v) is 6.38. The maximum Gasteiger partial charge on any atom is 0.166 e. The largest absolute Gasteiger partial charge is 0.333 e. The summed E-state index contributed by atoms with van der Waals surface area (Å²) in [6.45, 7) is 4.21. The molecule has 0 radical (unpaired) electrons. The average Bonchev–Trinajstić information content (AvgIpc) is 3.12. The van der Waals surface area contributed by atoms with Gasteiger partial charge in [-0.05, 0) is 31.5 Å². The van der Waals surface area contributed by atoms with Crippen molar-refractivity contribution in [2.75, 3.05) is 0 Å². The van der Waals surface area contributed by atoms with Crippen molar-refractivity contribution in [3.05, 3.63) is 47.6 Å². The summed E-state index contributed by atoms with van der Waals surface area (Å²) in [5, 5.41) is 0.955. The van der Waals surface area contributed by atoms with Gasteiger partial charge >= 0.3 is 0 Å². The van der Waals surface area contributed by atoms with Gasteiger partial charge in [-0.25, -0.2) is 9.97 Å². The third-order valence-corrected chi connectivity index (χ3v) is 4.67. The van der Waals surface area contributed by atoms with Crippen LogP contribution >= 0.6 is 11.8 Å². The molecule has 4 nitrogen and oxygen atoms in total. The lowest BCUT2D eigenvalue weighted by Crippen LogP contribution is -1.89. The molecule has 21 heavy (non-hydrogen) atoms. The van der Waals surface area contributed by atoms with Crippen molar-refractivity contribution in [1.29, 1.82) is 0 Å². The lowest BCUT2D eigenvalue weighted by molar-refractivity contribution is 0.994. The SMILES string of the molecule is CC1=CCc2nc(CSc3nc4ccc(C)cc4[nH]3)cn21. The van der Waals surface area contributed by atoms with Crippen molar-refractivity contribution in [1.82, 2.24) is 19.5 Å². The molecule has 0 unspecified atom stereocenters. The molecule has 0 spiro atoms. The molecule has 0 saturated heterocycles. The monoisotopic (exact) mass is 296 g/mol. The Hall–Kier alpha value is -2.01. The van der Waals surface area contributed by atoms with E-state index in [1.54, 1.807) is 11.8 Å². The molecule has 1 aliphatic heterocycles. The van der Waals surface area contributed by atoms with Crippen LogP contribution in [0.15, 0.2) is 35.6 Å². The molecule has 4 rings (SSSR count). The summed E-state index contributed by atoms with van der Waals surface area (Å²) in [4.78, 5) is 12.7. The van der Waals surface area contributed by atoms with E-state index in [0.29, 0.717) is 0 Å². The Morgan fingerprint density at radius 2 is 2.19 bits per heavy atom. The molecule has 0 atom stereocenters. The van der Waals surface area contributed by atoms with Crippen LogP contribution < -0.4 is 0 Å². The Bertz CT molecular complexity index is 856. The fourth-order valence-electron chi connectivity index (χ4n) is 2.64. The average molecular weight is 296 g/mol. The topological polar surface area (TPSA) is 46.5 Å². The standard InChI is InChI=1S/C16H16N4S/c1-10-3-5-13-14(7-10)19-16(18-13)21-9-12-8-20-11(2)4-6-15(20)17-12/h3-5,7-8H,6,9H2,1-2H3,(H,18,19). The molecule has 0 aliphatic carbocycles. The number of imidazole rings is 2. The molecule has 1 aliphatic rings. The third kappa shape index (κ3) is 2.27. The molecule has 1 N–H and O–H groups in total. The van der Waals surface area contributed by atoms with E-state index in [1.165, 1.54) is 11.3 Å². The van der Waals surface area contributed by atoms with Gasteiger partial charge in [0.2, 0.25) is 0 Å². The van der Waals surface area contributed by atoms with Gasteiger partial charge in [0.05, 0.1) is 16.7 Å². The van der Waals surface area contributed by atoms with E-state index in [0.717, 1.165) is 39.9 Å². The Labute approximate surface area is 127 Å². The van der Waals surface area contributed by atoms with Crippen molar-refractivity contribution < 1.29 is 0 Å². The van der Waals surface area contributed by atoms with Crippen LogP contribution in [0.5, 0.6) is 0 Å². The van der Waals surface area contributed by atoms with Crippen LogP contribution in [0, 0.1) is 6.92 Å². The predicted octanol–water partition coefficient (Wildman–Crippen LogP) is 3.78. The van der Waals surface area contributed by atoms with Crippen LogP contribution in [0.4, 0.5) is 0 Å². The molecular weight excluding hydrogens is 280 g/mol. The fourth-order valence-corrected chi connectivity index (χ4v) is 3.41. The highest BCUT2D eigenvalue weighted by Gasteiger charge is 2.14.